The zero-order chi connectivity index (χ0) is 14.8. The Bertz CT molecular complexity index is 488. The van der Waals surface area contributed by atoms with Crippen molar-refractivity contribution < 1.29 is 9.53 Å². The summed E-state index contributed by atoms with van der Waals surface area (Å²) >= 11 is 0. The van der Waals surface area contributed by atoms with E-state index in [-0.39, 0.29) is 12.0 Å². The Hall–Kier alpha value is -1.36. The maximum Gasteiger partial charge on any atom is 0.227 e. The predicted molar refractivity (Wildman–Crippen MR) is 80.0 cm³/mol. The number of H-pyrrole nitrogens is 1. The van der Waals surface area contributed by atoms with Gasteiger partial charge in [-0.3, -0.25) is 9.89 Å². The number of hydrogen-bond acceptors (Lipinski definition) is 3. The lowest BCUT2D eigenvalue weighted by atomic mass is 10.1. The monoisotopic (exact) mass is 291 g/mol. The zero-order valence-corrected chi connectivity index (χ0v) is 13.0. The molecule has 1 saturated carbocycles. The van der Waals surface area contributed by atoms with E-state index < -0.39 is 0 Å². The molecule has 2 heterocycles. The summed E-state index contributed by atoms with van der Waals surface area (Å²) in [5, 5.41) is 7.11. The largest absolute Gasteiger partial charge is 0.376 e. The Morgan fingerprint density at radius 2 is 2.19 bits per heavy atom. The van der Waals surface area contributed by atoms with Crippen molar-refractivity contribution in [1.82, 2.24) is 15.1 Å². The van der Waals surface area contributed by atoms with Crippen LogP contribution in [0.25, 0.3) is 0 Å². The SMILES string of the molecule is Cc1n[nH]c(C)c1CC(=O)N1CCCC(OCC2CC2)C1. The molecule has 1 aromatic heterocycles. The van der Waals surface area contributed by atoms with Crippen LogP contribution in [0.2, 0.25) is 0 Å². The summed E-state index contributed by atoms with van der Waals surface area (Å²) in [6, 6.07) is 0. The number of piperidine rings is 1. The Balaban J connectivity index is 1.53. The molecular weight excluding hydrogens is 266 g/mol. The van der Waals surface area contributed by atoms with Gasteiger partial charge < -0.3 is 9.64 Å². The summed E-state index contributed by atoms with van der Waals surface area (Å²) < 4.78 is 5.96. The maximum atomic E-state index is 12.5. The van der Waals surface area contributed by atoms with Gasteiger partial charge in [-0.05, 0) is 45.4 Å². The van der Waals surface area contributed by atoms with Crippen LogP contribution in [-0.4, -0.2) is 46.8 Å². The second-order valence-electron chi connectivity index (χ2n) is 6.47. The topological polar surface area (TPSA) is 58.2 Å². The lowest BCUT2D eigenvalue weighted by molar-refractivity contribution is -0.134. The quantitative estimate of drug-likeness (QED) is 0.902. The Morgan fingerprint density at radius 3 is 2.86 bits per heavy atom. The van der Waals surface area contributed by atoms with E-state index in [1.807, 2.05) is 18.7 Å². The van der Waals surface area contributed by atoms with Gasteiger partial charge in [0.15, 0.2) is 0 Å². The number of aromatic amines is 1. The first-order valence-corrected chi connectivity index (χ1v) is 8.03. The molecule has 0 spiro atoms. The van der Waals surface area contributed by atoms with E-state index in [2.05, 4.69) is 10.2 Å². The molecule has 2 aliphatic rings. The molecule has 1 aliphatic heterocycles. The van der Waals surface area contributed by atoms with Gasteiger partial charge in [-0.25, -0.2) is 0 Å². The van der Waals surface area contributed by atoms with Gasteiger partial charge in [0.05, 0.1) is 18.2 Å². The number of carbonyl (C=O) groups excluding carboxylic acids is 1. The number of nitrogens with one attached hydrogen (secondary N) is 1. The summed E-state index contributed by atoms with van der Waals surface area (Å²) in [5.74, 6) is 0.981. The number of rotatable bonds is 5. The average molecular weight is 291 g/mol. The van der Waals surface area contributed by atoms with Crippen LogP contribution >= 0.6 is 0 Å². The second kappa shape index (κ2) is 6.18. The lowest BCUT2D eigenvalue weighted by Crippen LogP contribution is -2.44. The molecule has 1 amide bonds. The Kier molecular flexibility index (Phi) is 4.29. The highest BCUT2D eigenvalue weighted by Crippen LogP contribution is 2.30. The summed E-state index contributed by atoms with van der Waals surface area (Å²) in [6.07, 6.45) is 5.44. The van der Waals surface area contributed by atoms with E-state index in [9.17, 15) is 4.79 Å². The van der Waals surface area contributed by atoms with Crippen molar-refractivity contribution in [1.29, 1.82) is 0 Å². The van der Waals surface area contributed by atoms with Gasteiger partial charge in [0.2, 0.25) is 5.91 Å². The molecule has 3 rings (SSSR count). The molecule has 1 atom stereocenters. The first-order valence-electron chi connectivity index (χ1n) is 8.03. The number of nitrogens with zero attached hydrogens (tertiary/aromatic N) is 2. The normalized spacial score (nSPS) is 22.6. The Labute approximate surface area is 126 Å². The van der Waals surface area contributed by atoms with Crippen LogP contribution in [0.1, 0.15) is 42.6 Å². The van der Waals surface area contributed by atoms with Gasteiger partial charge in [-0.15, -0.1) is 0 Å². The van der Waals surface area contributed by atoms with E-state index in [0.717, 1.165) is 55.4 Å². The number of amides is 1. The molecule has 2 fully saturated rings. The third kappa shape index (κ3) is 3.64. The molecule has 116 valence electrons. The van der Waals surface area contributed by atoms with Gasteiger partial charge in [0.25, 0.3) is 0 Å². The summed E-state index contributed by atoms with van der Waals surface area (Å²) in [7, 11) is 0. The van der Waals surface area contributed by atoms with Gasteiger partial charge in [-0.1, -0.05) is 0 Å². The zero-order valence-electron chi connectivity index (χ0n) is 13.0. The minimum Gasteiger partial charge on any atom is -0.376 e. The third-order valence-electron chi connectivity index (χ3n) is 4.60. The molecular formula is C16H25N3O2. The van der Waals surface area contributed by atoms with E-state index in [4.69, 9.17) is 4.74 Å². The van der Waals surface area contributed by atoms with E-state index in [1.165, 1.54) is 12.8 Å². The van der Waals surface area contributed by atoms with E-state index in [1.54, 1.807) is 0 Å². The highest BCUT2D eigenvalue weighted by atomic mass is 16.5. The van der Waals surface area contributed by atoms with Crippen LogP contribution in [0.3, 0.4) is 0 Å². The molecule has 5 nitrogen and oxygen atoms in total. The van der Waals surface area contributed by atoms with Crippen LogP contribution in [0.15, 0.2) is 0 Å². The van der Waals surface area contributed by atoms with E-state index >= 15 is 0 Å². The van der Waals surface area contributed by atoms with E-state index in [0.29, 0.717) is 6.42 Å². The minimum atomic E-state index is 0.197. The van der Waals surface area contributed by atoms with Crippen molar-refractivity contribution in [2.75, 3.05) is 19.7 Å². The van der Waals surface area contributed by atoms with Gasteiger partial charge in [0, 0.05) is 31.0 Å². The predicted octanol–water partition coefficient (Wildman–Crippen LogP) is 1.99. The summed E-state index contributed by atoms with van der Waals surface area (Å²) in [5.41, 5.74) is 2.97. The summed E-state index contributed by atoms with van der Waals surface area (Å²) in [4.78, 5) is 14.5. The van der Waals surface area contributed by atoms with Crippen LogP contribution in [0.5, 0.6) is 0 Å². The molecule has 1 unspecified atom stereocenters. The van der Waals surface area contributed by atoms with Crippen molar-refractivity contribution in [3.8, 4) is 0 Å². The number of hydrogen-bond donors (Lipinski definition) is 1. The molecule has 1 N–H and O–H groups in total. The first-order chi connectivity index (χ1) is 10.1. The van der Waals surface area contributed by atoms with Crippen LogP contribution in [0, 0.1) is 19.8 Å². The number of likely N-dealkylation sites (tertiary alicyclic amines) is 1. The number of carbonyl (C=O) groups is 1. The van der Waals surface area contributed by atoms with Crippen LogP contribution < -0.4 is 0 Å². The first kappa shape index (κ1) is 14.6. The minimum absolute atomic E-state index is 0.197. The van der Waals surface area contributed by atoms with Gasteiger partial charge in [0.1, 0.15) is 0 Å². The number of aromatic nitrogens is 2. The molecule has 0 radical (unpaired) electrons. The maximum absolute atomic E-state index is 12.5. The van der Waals surface area contributed by atoms with Crippen LogP contribution in [-0.2, 0) is 16.0 Å². The van der Waals surface area contributed by atoms with Crippen molar-refractivity contribution in [3.63, 3.8) is 0 Å². The third-order valence-corrected chi connectivity index (χ3v) is 4.60. The number of aryl methyl sites for hydroxylation is 2. The summed E-state index contributed by atoms with van der Waals surface area (Å²) in [6.45, 7) is 6.41. The van der Waals surface area contributed by atoms with Gasteiger partial charge >= 0.3 is 0 Å². The second-order valence-corrected chi connectivity index (χ2v) is 6.47. The fourth-order valence-electron chi connectivity index (χ4n) is 2.95. The number of ether oxygens (including phenoxy) is 1. The highest BCUT2D eigenvalue weighted by molar-refractivity contribution is 5.79. The molecule has 0 bridgehead atoms. The molecule has 1 aliphatic carbocycles. The molecule has 21 heavy (non-hydrogen) atoms. The smallest absolute Gasteiger partial charge is 0.227 e. The fourth-order valence-corrected chi connectivity index (χ4v) is 2.95. The standard InChI is InChI=1S/C16H25N3O2/c1-11-15(12(2)18-17-11)8-16(20)19-7-3-4-14(9-19)21-10-13-5-6-13/h13-14H,3-10H2,1-2H3,(H,17,18). The van der Waals surface area contributed by atoms with Gasteiger partial charge in [-0.2, -0.15) is 5.10 Å². The van der Waals surface area contributed by atoms with Crippen LogP contribution in [0.4, 0.5) is 0 Å². The van der Waals surface area contributed by atoms with Crippen molar-refractivity contribution >= 4 is 5.91 Å². The highest BCUT2D eigenvalue weighted by Gasteiger charge is 2.28. The van der Waals surface area contributed by atoms with Crippen molar-refractivity contribution in [2.45, 2.75) is 52.1 Å². The lowest BCUT2D eigenvalue weighted by Gasteiger charge is -2.33. The molecule has 1 saturated heterocycles. The van der Waals surface area contributed by atoms with Crippen molar-refractivity contribution in [2.24, 2.45) is 5.92 Å². The average Bonchev–Trinajstić information content (AvgIpc) is 3.27. The molecule has 1 aromatic rings. The fraction of sp³-hybridized carbons (Fsp3) is 0.750. The molecule has 5 heteroatoms. The Morgan fingerprint density at radius 1 is 1.38 bits per heavy atom. The molecule has 0 aromatic carbocycles. The van der Waals surface area contributed by atoms with Crippen molar-refractivity contribution in [3.05, 3.63) is 17.0 Å².